The Morgan fingerprint density at radius 3 is 1.80 bits per heavy atom. The van der Waals surface area contributed by atoms with Crippen molar-refractivity contribution in [3.05, 3.63) is 38.6 Å². The third kappa shape index (κ3) is 7.27. The zero-order valence-electron chi connectivity index (χ0n) is 5.91. The van der Waals surface area contributed by atoms with Crippen LogP contribution >= 0.6 is 0 Å². The van der Waals surface area contributed by atoms with Crippen molar-refractivity contribution in [2.45, 2.75) is 0 Å². The quantitative estimate of drug-likeness (QED) is 0.662. The van der Waals surface area contributed by atoms with Gasteiger partial charge in [0.25, 0.3) is 0 Å². The summed E-state index contributed by atoms with van der Waals surface area (Å²) in [5.74, 6) is 0. The van der Waals surface area contributed by atoms with Crippen LogP contribution in [-0.4, -0.2) is 9.97 Å². The Morgan fingerprint density at radius 2 is 1.60 bits per heavy atom. The molecule has 10 heavy (non-hydrogen) atoms. The topological polar surface area (TPSA) is 25.8 Å². The van der Waals surface area contributed by atoms with Crippen LogP contribution in [0.2, 0.25) is 0 Å². The van der Waals surface area contributed by atoms with E-state index in [1.54, 1.807) is 12.4 Å². The molecule has 0 aliphatic heterocycles. The predicted molar refractivity (Wildman–Crippen MR) is 31.7 cm³/mol. The molecule has 1 heterocycles. The first-order valence-electron chi connectivity index (χ1n) is 1.89. The van der Waals surface area contributed by atoms with E-state index in [2.05, 4.69) is 23.2 Å². The summed E-state index contributed by atoms with van der Waals surface area (Å²) >= 11 is 0. The molecule has 1 aromatic rings. The Kier molecular flexibility index (Phi) is 17.6. The fourth-order valence-electron chi connectivity index (χ4n) is 0.290. The zero-order chi connectivity index (χ0) is 5.11. The third-order valence-electron chi connectivity index (χ3n) is 0.576. The monoisotopic (exact) mass is 285 g/mol. The molecule has 0 fully saturated rings. The van der Waals surface area contributed by atoms with Gasteiger partial charge in [-0.2, -0.15) is 12.5 Å². The average molecular weight is 285 g/mol. The van der Waals surface area contributed by atoms with Gasteiger partial charge in [0.05, 0.1) is 0 Å². The minimum Gasteiger partial charge on any atom is -0.375 e. The molecule has 2 radical (unpaired) electrons. The summed E-state index contributed by atoms with van der Waals surface area (Å²) in [6.45, 7) is 3.58. The molecule has 0 N–H and O–H groups in total. The van der Waals surface area contributed by atoms with Crippen LogP contribution in [0.3, 0.4) is 0 Å². The van der Waals surface area contributed by atoms with Crippen LogP contribution in [0.25, 0.3) is 0 Å². The Hall–Kier alpha value is 1.16. The first-order valence-corrected chi connectivity index (χ1v) is 1.89. The van der Waals surface area contributed by atoms with Crippen molar-refractivity contribution in [2.24, 2.45) is 0 Å². The minimum absolute atomic E-state index is 0. The van der Waals surface area contributed by atoms with E-state index in [0.717, 1.165) is 5.56 Å². The van der Waals surface area contributed by atoms with Crippen molar-refractivity contribution < 1.29 is 65.4 Å². The van der Waals surface area contributed by atoms with Gasteiger partial charge < -0.3 is 17.4 Å². The van der Waals surface area contributed by atoms with E-state index < -0.39 is 0 Å². The molecule has 4 heteroatoms. The molecular formula is C6H7N2Y2-3. The Balaban J connectivity index is -0.000000163. The van der Waals surface area contributed by atoms with Gasteiger partial charge >= 0.3 is 0 Å². The zero-order valence-corrected chi connectivity index (χ0v) is 11.6. The molecule has 0 bridgehead atoms. The summed E-state index contributed by atoms with van der Waals surface area (Å²) in [6.07, 6.45) is 5.60. The number of hydrogen-bond acceptors (Lipinski definition) is 2. The van der Waals surface area contributed by atoms with Crippen LogP contribution in [0.4, 0.5) is 0 Å². The fraction of sp³-hybridized carbons (Fsp3) is 0. The molecule has 0 spiro atoms. The molecule has 0 aromatic carbocycles. The summed E-state index contributed by atoms with van der Waals surface area (Å²) < 4.78 is 0. The van der Waals surface area contributed by atoms with E-state index in [-0.39, 0.29) is 72.8 Å². The van der Waals surface area contributed by atoms with Gasteiger partial charge in [-0.1, -0.05) is 12.4 Å². The van der Waals surface area contributed by atoms with E-state index in [1.807, 2.05) is 0 Å². The normalized spacial score (nSPS) is 6.00. The third-order valence-corrected chi connectivity index (χ3v) is 0.576. The van der Waals surface area contributed by atoms with E-state index in [4.69, 9.17) is 0 Å². The van der Waals surface area contributed by atoms with Crippen LogP contribution < -0.4 is 0 Å². The molecule has 0 atom stereocenters. The van der Waals surface area contributed by atoms with E-state index >= 15 is 0 Å². The number of rotatable bonds is 0. The van der Waals surface area contributed by atoms with Crippen LogP contribution in [0.5, 0.6) is 0 Å². The van der Waals surface area contributed by atoms with Crippen molar-refractivity contribution in [3.63, 3.8) is 0 Å². The molecule has 0 saturated heterocycles. The van der Waals surface area contributed by atoms with Gasteiger partial charge in [0, 0.05) is 71.7 Å². The van der Waals surface area contributed by atoms with Crippen LogP contribution in [0.1, 0.15) is 5.56 Å². The Bertz CT molecular complexity index is 144. The molecule has 1 aromatic heterocycles. The Morgan fingerprint density at radius 1 is 1.20 bits per heavy atom. The Labute approximate surface area is 112 Å². The van der Waals surface area contributed by atoms with Gasteiger partial charge in [-0.05, 0) is 0 Å². The smallest absolute Gasteiger partial charge is 0.0212 e. The van der Waals surface area contributed by atoms with Gasteiger partial charge in [-0.15, -0.1) is 0 Å². The second-order valence-electron chi connectivity index (χ2n) is 1.19. The standard InChI is InChI=1S/C5H4N2.CH3.2Y/c1-5-2-6-4-7-3-5;;;/h2-3H,1H2;1H3;;/q-2;-1;;. The van der Waals surface area contributed by atoms with E-state index in [9.17, 15) is 0 Å². The number of aromatic nitrogens is 2. The molecular weight excluding hydrogens is 278 g/mol. The predicted octanol–water partition coefficient (Wildman–Crippen LogP) is 0.904. The van der Waals surface area contributed by atoms with E-state index in [0.29, 0.717) is 0 Å². The van der Waals surface area contributed by atoms with Gasteiger partial charge in [-0.3, -0.25) is 0 Å². The maximum Gasteiger partial charge on any atom is 0.0212 e. The number of hydrogen-bond donors (Lipinski definition) is 0. The van der Waals surface area contributed by atoms with Gasteiger partial charge in [-0.25, -0.2) is 0 Å². The van der Waals surface area contributed by atoms with E-state index in [1.165, 1.54) is 0 Å². The number of nitrogens with zero attached hydrogens (tertiary/aromatic N) is 2. The average Bonchev–Trinajstić information content (AvgIpc) is 1.69. The van der Waals surface area contributed by atoms with Crippen molar-refractivity contribution in [1.82, 2.24) is 9.97 Å². The molecule has 0 unspecified atom stereocenters. The SMILES string of the molecule is [CH2-]c1cn[c-]nc1.[CH3-].[Y].[Y]. The maximum atomic E-state index is 3.59. The summed E-state index contributed by atoms with van der Waals surface area (Å²) in [5, 5.41) is 0. The van der Waals surface area contributed by atoms with Crippen molar-refractivity contribution in [3.8, 4) is 0 Å². The van der Waals surface area contributed by atoms with Crippen molar-refractivity contribution >= 4 is 0 Å². The molecule has 50 valence electrons. The first-order chi connectivity index (χ1) is 3.39. The van der Waals surface area contributed by atoms with Gasteiger partial charge in [0.1, 0.15) is 0 Å². The summed E-state index contributed by atoms with van der Waals surface area (Å²) in [4.78, 5) is 7.17. The van der Waals surface area contributed by atoms with Crippen LogP contribution in [-0.2, 0) is 65.4 Å². The summed E-state index contributed by atoms with van der Waals surface area (Å²) in [7, 11) is 0. The van der Waals surface area contributed by atoms with Crippen molar-refractivity contribution in [1.29, 1.82) is 0 Å². The molecule has 1 rings (SSSR count). The molecule has 0 aliphatic rings. The molecule has 0 amide bonds. The van der Waals surface area contributed by atoms with Crippen molar-refractivity contribution in [2.75, 3.05) is 0 Å². The fourth-order valence-corrected chi connectivity index (χ4v) is 0.290. The van der Waals surface area contributed by atoms with Crippen LogP contribution in [0, 0.1) is 20.7 Å². The largest absolute Gasteiger partial charge is 0.375 e. The molecule has 0 aliphatic carbocycles. The second-order valence-corrected chi connectivity index (χ2v) is 1.19. The minimum atomic E-state index is 0. The maximum absolute atomic E-state index is 3.59. The second kappa shape index (κ2) is 10.2. The molecule has 2 nitrogen and oxygen atoms in total. The van der Waals surface area contributed by atoms with Gasteiger partial charge in [0.2, 0.25) is 0 Å². The van der Waals surface area contributed by atoms with Gasteiger partial charge in [0.15, 0.2) is 0 Å². The van der Waals surface area contributed by atoms with Crippen LogP contribution in [0.15, 0.2) is 12.4 Å². The first kappa shape index (κ1) is 17.3. The summed E-state index contributed by atoms with van der Waals surface area (Å²) in [6, 6.07) is 0. The summed E-state index contributed by atoms with van der Waals surface area (Å²) in [5.41, 5.74) is 0.818. The molecule has 0 saturated carbocycles.